The van der Waals surface area contributed by atoms with Gasteiger partial charge in [-0.15, -0.1) is 0 Å². The highest BCUT2D eigenvalue weighted by molar-refractivity contribution is 7.80. The molecule has 2 aromatic carbocycles. The van der Waals surface area contributed by atoms with E-state index in [1.165, 1.54) is 6.07 Å². The zero-order valence-electron chi connectivity index (χ0n) is 11.6. The van der Waals surface area contributed by atoms with Crippen LogP contribution in [0.4, 0.5) is 10.1 Å². The summed E-state index contributed by atoms with van der Waals surface area (Å²) in [5.41, 5.74) is 9.25. The van der Waals surface area contributed by atoms with Crippen molar-refractivity contribution in [1.29, 1.82) is 0 Å². The predicted molar refractivity (Wildman–Crippen MR) is 85.6 cm³/mol. The van der Waals surface area contributed by atoms with Crippen molar-refractivity contribution in [3.63, 3.8) is 0 Å². The summed E-state index contributed by atoms with van der Waals surface area (Å²) >= 11 is 5.10. The Labute approximate surface area is 124 Å². The lowest BCUT2D eigenvalue weighted by Crippen LogP contribution is -2.23. The van der Waals surface area contributed by atoms with E-state index in [2.05, 4.69) is 0 Å². The van der Waals surface area contributed by atoms with Gasteiger partial charge in [-0.25, -0.2) is 4.39 Å². The Morgan fingerprint density at radius 1 is 1.20 bits per heavy atom. The van der Waals surface area contributed by atoms with Crippen molar-refractivity contribution >= 4 is 22.9 Å². The summed E-state index contributed by atoms with van der Waals surface area (Å²) in [5.74, 6) is -0.204. The van der Waals surface area contributed by atoms with Crippen molar-refractivity contribution in [3.8, 4) is 0 Å². The normalized spacial score (nSPS) is 10.3. The molecule has 0 spiro atoms. The van der Waals surface area contributed by atoms with Crippen molar-refractivity contribution in [1.82, 2.24) is 0 Å². The zero-order chi connectivity index (χ0) is 14.7. The number of anilines is 1. The van der Waals surface area contributed by atoms with Crippen LogP contribution in [0, 0.1) is 12.7 Å². The monoisotopic (exact) mass is 288 g/mol. The molecule has 0 aromatic heterocycles. The van der Waals surface area contributed by atoms with Crippen LogP contribution in [0.5, 0.6) is 0 Å². The number of hydrogen-bond acceptors (Lipinski definition) is 2. The quantitative estimate of drug-likeness (QED) is 0.874. The van der Waals surface area contributed by atoms with Crippen LogP contribution in [0.3, 0.4) is 0 Å². The second kappa shape index (κ2) is 6.01. The molecule has 0 saturated carbocycles. The first-order chi connectivity index (χ1) is 9.50. The van der Waals surface area contributed by atoms with Gasteiger partial charge >= 0.3 is 0 Å². The van der Waals surface area contributed by atoms with Gasteiger partial charge < -0.3 is 10.6 Å². The summed E-state index contributed by atoms with van der Waals surface area (Å²) in [6.07, 6.45) is 0. The summed E-state index contributed by atoms with van der Waals surface area (Å²) in [7, 11) is 1.91. The molecule has 104 valence electrons. The van der Waals surface area contributed by atoms with Gasteiger partial charge in [-0.2, -0.15) is 0 Å². The smallest absolute Gasteiger partial charge is 0.128 e. The minimum atomic E-state index is -0.204. The fourth-order valence-electron chi connectivity index (χ4n) is 2.33. The molecule has 0 aliphatic rings. The summed E-state index contributed by atoms with van der Waals surface area (Å²) < 4.78 is 13.7. The Balaban J connectivity index is 2.37. The molecule has 0 heterocycles. The number of nitrogens with two attached hydrogens (primary N) is 1. The van der Waals surface area contributed by atoms with Gasteiger partial charge in [0.1, 0.15) is 10.8 Å². The van der Waals surface area contributed by atoms with Crippen molar-refractivity contribution in [3.05, 3.63) is 65.0 Å². The third kappa shape index (κ3) is 2.96. The standard InChI is InChI=1S/C16H17FN2S/c1-11-6-5-8-13(16(18)20)15(11)19(2)10-12-7-3-4-9-14(12)17/h3-9H,10H2,1-2H3,(H2,18,20). The Hall–Kier alpha value is -1.94. The van der Waals surface area contributed by atoms with E-state index >= 15 is 0 Å². The Morgan fingerprint density at radius 2 is 1.90 bits per heavy atom. The van der Waals surface area contributed by atoms with Crippen molar-refractivity contribution < 1.29 is 4.39 Å². The number of thiocarbonyl (C=S) groups is 1. The summed E-state index contributed by atoms with van der Waals surface area (Å²) in [6.45, 7) is 2.46. The minimum absolute atomic E-state index is 0.204. The lowest BCUT2D eigenvalue weighted by molar-refractivity contribution is 0.608. The van der Waals surface area contributed by atoms with Gasteiger partial charge in [0, 0.05) is 30.4 Å². The number of para-hydroxylation sites is 1. The number of aryl methyl sites for hydroxylation is 1. The molecule has 0 amide bonds. The van der Waals surface area contributed by atoms with Gasteiger partial charge in [0.05, 0.1) is 0 Å². The fraction of sp³-hybridized carbons (Fsp3) is 0.188. The van der Waals surface area contributed by atoms with Crippen LogP contribution in [0.2, 0.25) is 0 Å². The van der Waals surface area contributed by atoms with Crippen LogP contribution in [0.1, 0.15) is 16.7 Å². The van der Waals surface area contributed by atoms with Gasteiger partial charge in [0.25, 0.3) is 0 Å². The van der Waals surface area contributed by atoms with E-state index in [0.717, 1.165) is 16.8 Å². The topological polar surface area (TPSA) is 29.3 Å². The van der Waals surface area contributed by atoms with Gasteiger partial charge in [-0.1, -0.05) is 42.5 Å². The highest BCUT2D eigenvalue weighted by Crippen LogP contribution is 2.26. The average Bonchev–Trinajstić information content (AvgIpc) is 2.40. The highest BCUT2D eigenvalue weighted by atomic mass is 32.1. The van der Waals surface area contributed by atoms with E-state index in [-0.39, 0.29) is 5.82 Å². The first-order valence-electron chi connectivity index (χ1n) is 6.34. The Morgan fingerprint density at radius 3 is 2.55 bits per heavy atom. The lowest BCUT2D eigenvalue weighted by Gasteiger charge is -2.24. The number of rotatable bonds is 4. The molecule has 2 aromatic rings. The average molecular weight is 288 g/mol. The largest absolute Gasteiger partial charge is 0.389 e. The number of benzene rings is 2. The van der Waals surface area contributed by atoms with Crippen molar-refractivity contribution in [2.24, 2.45) is 5.73 Å². The molecule has 4 heteroatoms. The summed E-state index contributed by atoms with van der Waals surface area (Å²) in [4.78, 5) is 2.33. The molecule has 20 heavy (non-hydrogen) atoms. The fourth-order valence-corrected chi connectivity index (χ4v) is 2.49. The molecule has 0 fully saturated rings. The molecule has 0 atom stereocenters. The van der Waals surface area contributed by atoms with Crippen LogP contribution >= 0.6 is 12.2 Å². The maximum atomic E-state index is 13.7. The molecule has 0 bridgehead atoms. The molecule has 0 aliphatic carbocycles. The maximum Gasteiger partial charge on any atom is 0.128 e. The molecule has 2 nitrogen and oxygen atoms in total. The van der Waals surface area contributed by atoms with Crippen LogP contribution in [0.15, 0.2) is 42.5 Å². The van der Waals surface area contributed by atoms with Crippen LogP contribution in [0.25, 0.3) is 0 Å². The molecular formula is C16H17FN2S. The van der Waals surface area contributed by atoms with Crippen molar-refractivity contribution in [2.45, 2.75) is 13.5 Å². The third-order valence-electron chi connectivity index (χ3n) is 3.25. The molecule has 0 aliphatic heterocycles. The molecule has 0 unspecified atom stereocenters. The van der Waals surface area contributed by atoms with Gasteiger partial charge in [-0.3, -0.25) is 0 Å². The molecule has 0 radical (unpaired) electrons. The van der Waals surface area contributed by atoms with Gasteiger partial charge in [0.15, 0.2) is 0 Å². The maximum absolute atomic E-state index is 13.7. The minimum Gasteiger partial charge on any atom is -0.389 e. The predicted octanol–water partition coefficient (Wildman–Crippen LogP) is 3.40. The van der Waals surface area contributed by atoms with Crippen LogP contribution in [-0.2, 0) is 6.54 Å². The molecular weight excluding hydrogens is 271 g/mol. The second-order valence-electron chi connectivity index (χ2n) is 4.78. The molecule has 0 saturated heterocycles. The van der Waals surface area contributed by atoms with Crippen molar-refractivity contribution in [2.75, 3.05) is 11.9 Å². The Bertz CT molecular complexity index is 640. The van der Waals surface area contributed by atoms with E-state index in [1.807, 2.05) is 43.1 Å². The molecule has 2 rings (SSSR count). The molecule has 2 N–H and O–H groups in total. The van der Waals surface area contributed by atoms with Crippen LogP contribution < -0.4 is 10.6 Å². The van der Waals surface area contributed by atoms with E-state index in [1.54, 1.807) is 12.1 Å². The van der Waals surface area contributed by atoms with E-state index in [9.17, 15) is 4.39 Å². The van der Waals surface area contributed by atoms with E-state index in [0.29, 0.717) is 17.1 Å². The summed E-state index contributed by atoms with van der Waals surface area (Å²) in [6, 6.07) is 12.6. The first kappa shape index (κ1) is 14.5. The number of nitrogens with zero attached hydrogens (tertiary/aromatic N) is 1. The SMILES string of the molecule is Cc1cccc(C(N)=S)c1N(C)Cc1ccccc1F. The number of hydrogen-bond donors (Lipinski definition) is 1. The van der Waals surface area contributed by atoms with Gasteiger partial charge in [0.2, 0.25) is 0 Å². The highest BCUT2D eigenvalue weighted by Gasteiger charge is 2.13. The van der Waals surface area contributed by atoms with E-state index < -0.39 is 0 Å². The summed E-state index contributed by atoms with van der Waals surface area (Å²) in [5, 5.41) is 0. The second-order valence-corrected chi connectivity index (χ2v) is 5.22. The third-order valence-corrected chi connectivity index (χ3v) is 3.47. The lowest BCUT2D eigenvalue weighted by atomic mass is 10.1. The van der Waals surface area contributed by atoms with E-state index in [4.69, 9.17) is 18.0 Å². The number of halogens is 1. The first-order valence-corrected chi connectivity index (χ1v) is 6.75. The van der Waals surface area contributed by atoms with Crippen LogP contribution in [-0.4, -0.2) is 12.0 Å². The van der Waals surface area contributed by atoms with Gasteiger partial charge in [-0.05, 0) is 24.6 Å². The zero-order valence-corrected chi connectivity index (χ0v) is 12.4. The Kier molecular flexibility index (Phi) is 4.35.